The number of nitrogens with one attached hydrogen (secondary N) is 1. The molecule has 1 aliphatic carbocycles. The van der Waals surface area contributed by atoms with E-state index in [1.807, 2.05) is 17.7 Å². The molecule has 94 valence electrons. The van der Waals surface area contributed by atoms with Crippen molar-refractivity contribution in [1.29, 1.82) is 0 Å². The highest BCUT2D eigenvalue weighted by Crippen LogP contribution is 2.23. The highest BCUT2D eigenvalue weighted by atomic mass is 16.1. The van der Waals surface area contributed by atoms with E-state index in [2.05, 4.69) is 10.3 Å². The summed E-state index contributed by atoms with van der Waals surface area (Å²) in [6, 6.07) is 0.165. The molecule has 4 nitrogen and oxygen atoms in total. The molecule has 0 aromatic carbocycles. The highest BCUT2D eigenvalue weighted by molar-refractivity contribution is 5.78. The van der Waals surface area contributed by atoms with Gasteiger partial charge in [0.15, 0.2) is 0 Å². The lowest BCUT2D eigenvalue weighted by atomic mass is 9.88. The van der Waals surface area contributed by atoms with E-state index < -0.39 is 0 Å². The Kier molecular flexibility index (Phi) is 4.18. The molecular formula is C13H21N3O. The Hall–Kier alpha value is -1.32. The number of hydrogen-bond acceptors (Lipinski definition) is 2. The second kappa shape index (κ2) is 5.84. The van der Waals surface area contributed by atoms with Gasteiger partial charge in [0.25, 0.3) is 0 Å². The Morgan fingerprint density at radius 2 is 2.24 bits per heavy atom. The minimum Gasteiger partial charge on any atom is -0.352 e. The van der Waals surface area contributed by atoms with Gasteiger partial charge in [-0.05, 0) is 19.8 Å². The highest BCUT2D eigenvalue weighted by Gasteiger charge is 2.21. The zero-order valence-corrected chi connectivity index (χ0v) is 10.4. The van der Waals surface area contributed by atoms with Gasteiger partial charge in [0.05, 0.1) is 6.33 Å². The van der Waals surface area contributed by atoms with Gasteiger partial charge in [-0.3, -0.25) is 4.79 Å². The van der Waals surface area contributed by atoms with Crippen molar-refractivity contribution < 1.29 is 4.79 Å². The maximum atomic E-state index is 12.0. The van der Waals surface area contributed by atoms with Crippen molar-refractivity contribution in [3.8, 4) is 0 Å². The van der Waals surface area contributed by atoms with Gasteiger partial charge in [-0.15, -0.1) is 0 Å². The largest absolute Gasteiger partial charge is 0.352 e. The summed E-state index contributed by atoms with van der Waals surface area (Å²) in [6.07, 6.45) is 11.3. The molecule has 17 heavy (non-hydrogen) atoms. The van der Waals surface area contributed by atoms with E-state index in [0.717, 1.165) is 19.4 Å². The molecule has 1 fully saturated rings. The summed E-state index contributed by atoms with van der Waals surface area (Å²) >= 11 is 0. The molecule has 1 saturated carbocycles. The van der Waals surface area contributed by atoms with Crippen LogP contribution in [0.4, 0.5) is 0 Å². The van der Waals surface area contributed by atoms with Crippen LogP contribution in [-0.2, 0) is 11.3 Å². The zero-order valence-electron chi connectivity index (χ0n) is 10.4. The van der Waals surface area contributed by atoms with Crippen LogP contribution < -0.4 is 5.32 Å². The van der Waals surface area contributed by atoms with Gasteiger partial charge < -0.3 is 9.88 Å². The normalized spacial score (nSPS) is 18.9. The van der Waals surface area contributed by atoms with E-state index >= 15 is 0 Å². The fraction of sp³-hybridized carbons (Fsp3) is 0.692. The SMILES string of the molecule is C[C@@H](Cn1ccnc1)NC(=O)C1CCCCC1. The van der Waals surface area contributed by atoms with Gasteiger partial charge >= 0.3 is 0 Å². The first-order chi connectivity index (χ1) is 8.25. The van der Waals surface area contributed by atoms with E-state index in [1.54, 1.807) is 12.5 Å². The van der Waals surface area contributed by atoms with Gasteiger partial charge in [0, 0.05) is 30.9 Å². The number of rotatable bonds is 4. The molecule has 0 radical (unpaired) electrons. The molecule has 0 saturated heterocycles. The van der Waals surface area contributed by atoms with Crippen LogP contribution in [-0.4, -0.2) is 21.5 Å². The second-order valence-corrected chi connectivity index (χ2v) is 5.00. The third-order valence-corrected chi connectivity index (χ3v) is 3.41. The summed E-state index contributed by atoms with van der Waals surface area (Å²) in [5.41, 5.74) is 0. The first-order valence-electron chi connectivity index (χ1n) is 6.52. The summed E-state index contributed by atoms with van der Waals surface area (Å²) in [4.78, 5) is 16.0. The Morgan fingerprint density at radius 1 is 1.47 bits per heavy atom. The second-order valence-electron chi connectivity index (χ2n) is 5.00. The van der Waals surface area contributed by atoms with Gasteiger partial charge in [0.2, 0.25) is 5.91 Å². The standard InChI is InChI=1S/C13H21N3O/c1-11(9-16-8-7-14-10-16)15-13(17)12-5-3-2-4-6-12/h7-8,10-12H,2-6,9H2,1H3,(H,15,17)/t11-/m0/s1. The lowest BCUT2D eigenvalue weighted by Gasteiger charge is -2.23. The maximum absolute atomic E-state index is 12.0. The lowest BCUT2D eigenvalue weighted by Crippen LogP contribution is -2.39. The van der Waals surface area contributed by atoms with Crippen LogP contribution in [0.25, 0.3) is 0 Å². The number of hydrogen-bond donors (Lipinski definition) is 1. The number of aromatic nitrogens is 2. The monoisotopic (exact) mass is 235 g/mol. The molecule has 1 aromatic rings. The maximum Gasteiger partial charge on any atom is 0.223 e. The van der Waals surface area contributed by atoms with Crippen LogP contribution in [0.5, 0.6) is 0 Å². The van der Waals surface area contributed by atoms with Gasteiger partial charge in [-0.25, -0.2) is 4.98 Å². The minimum absolute atomic E-state index is 0.165. The van der Waals surface area contributed by atoms with E-state index in [-0.39, 0.29) is 17.9 Å². The van der Waals surface area contributed by atoms with E-state index in [9.17, 15) is 4.79 Å². The van der Waals surface area contributed by atoms with Gasteiger partial charge in [-0.1, -0.05) is 19.3 Å². The van der Waals surface area contributed by atoms with Crippen molar-refractivity contribution in [3.05, 3.63) is 18.7 Å². The number of amides is 1. The molecule has 1 atom stereocenters. The zero-order chi connectivity index (χ0) is 12.1. The molecule has 1 amide bonds. The van der Waals surface area contributed by atoms with Crippen molar-refractivity contribution >= 4 is 5.91 Å². The van der Waals surface area contributed by atoms with Crippen LogP contribution in [0.15, 0.2) is 18.7 Å². The van der Waals surface area contributed by atoms with Crippen molar-refractivity contribution in [2.24, 2.45) is 5.92 Å². The van der Waals surface area contributed by atoms with Crippen LogP contribution in [0, 0.1) is 5.92 Å². The van der Waals surface area contributed by atoms with E-state index in [1.165, 1.54) is 19.3 Å². The van der Waals surface area contributed by atoms with Crippen molar-refractivity contribution in [2.45, 2.75) is 51.6 Å². The third kappa shape index (κ3) is 3.58. The molecule has 1 N–H and O–H groups in total. The van der Waals surface area contributed by atoms with Crippen molar-refractivity contribution in [1.82, 2.24) is 14.9 Å². The Bertz CT molecular complexity index is 342. The van der Waals surface area contributed by atoms with E-state index in [0.29, 0.717) is 0 Å². The fourth-order valence-corrected chi connectivity index (χ4v) is 2.48. The first-order valence-corrected chi connectivity index (χ1v) is 6.52. The smallest absolute Gasteiger partial charge is 0.223 e. The molecule has 1 heterocycles. The average molecular weight is 235 g/mol. The number of nitrogens with zero attached hydrogens (tertiary/aromatic N) is 2. The first kappa shape index (κ1) is 12.1. The predicted molar refractivity (Wildman–Crippen MR) is 66.4 cm³/mol. The van der Waals surface area contributed by atoms with Gasteiger partial charge in [0.1, 0.15) is 0 Å². The van der Waals surface area contributed by atoms with Gasteiger partial charge in [-0.2, -0.15) is 0 Å². The fourth-order valence-electron chi connectivity index (χ4n) is 2.48. The summed E-state index contributed by atoms with van der Waals surface area (Å²) in [5, 5.41) is 3.10. The summed E-state index contributed by atoms with van der Waals surface area (Å²) in [5.74, 6) is 0.478. The molecule has 2 rings (SSSR count). The Labute approximate surface area is 102 Å². The summed E-state index contributed by atoms with van der Waals surface area (Å²) in [6.45, 7) is 2.83. The molecule has 0 unspecified atom stereocenters. The molecule has 4 heteroatoms. The van der Waals surface area contributed by atoms with Crippen LogP contribution in [0.3, 0.4) is 0 Å². The third-order valence-electron chi connectivity index (χ3n) is 3.41. The summed E-state index contributed by atoms with van der Waals surface area (Å²) < 4.78 is 1.99. The number of imidazole rings is 1. The predicted octanol–water partition coefficient (Wildman–Crippen LogP) is 1.97. The van der Waals surface area contributed by atoms with Crippen LogP contribution >= 0.6 is 0 Å². The van der Waals surface area contributed by atoms with Crippen LogP contribution in [0.1, 0.15) is 39.0 Å². The average Bonchev–Trinajstić information content (AvgIpc) is 2.82. The molecule has 0 bridgehead atoms. The summed E-state index contributed by atoms with van der Waals surface area (Å²) in [7, 11) is 0. The quantitative estimate of drug-likeness (QED) is 0.867. The van der Waals surface area contributed by atoms with E-state index in [4.69, 9.17) is 0 Å². The Balaban J connectivity index is 1.77. The minimum atomic E-state index is 0.165. The molecule has 0 aliphatic heterocycles. The lowest BCUT2D eigenvalue weighted by molar-refractivity contribution is -0.126. The number of carbonyl (C=O) groups excluding carboxylic acids is 1. The molecule has 1 aromatic heterocycles. The number of carbonyl (C=O) groups is 1. The molecule has 0 spiro atoms. The van der Waals surface area contributed by atoms with Crippen LogP contribution in [0.2, 0.25) is 0 Å². The van der Waals surface area contributed by atoms with Crippen molar-refractivity contribution in [3.63, 3.8) is 0 Å². The Morgan fingerprint density at radius 3 is 2.88 bits per heavy atom. The topological polar surface area (TPSA) is 46.9 Å². The molecular weight excluding hydrogens is 214 g/mol. The van der Waals surface area contributed by atoms with Crippen molar-refractivity contribution in [2.75, 3.05) is 0 Å². The molecule has 1 aliphatic rings.